The van der Waals surface area contributed by atoms with Gasteiger partial charge in [-0.15, -0.1) is 0 Å². The molecule has 1 saturated heterocycles. The Bertz CT molecular complexity index is 435. The molecule has 0 aromatic carbocycles. The smallest absolute Gasteiger partial charge is 0.129 e. The standard InChI is InChI=1S/C14H18N2O.C2H6/c1-4-12-11(3)10-14(15-13(12)5-2)16-6-8-17-9-7-16;1-2/h4-5,10H,1-2,6-9H2,3H3;1-2H3. The first-order chi connectivity index (χ1) is 9.26. The lowest BCUT2D eigenvalue weighted by molar-refractivity contribution is 0.122. The normalized spacial score (nSPS) is 14.4. The molecule has 3 heteroatoms. The molecular weight excluding hydrogens is 236 g/mol. The number of aromatic nitrogens is 1. The lowest BCUT2D eigenvalue weighted by Crippen LogP contribution is -2.36. The summed E-state index contributed by atoms with van der Waals surface area (Å²) in [4.78, 5) is 6.87. The van der Waals surface area contributed by atoms with E-state index in [9.17, 15) is 0 Å². The molecule has 0 N–H and O–H groups in total. The number of ether oxygens (including phenoxy) is 1. The zero-order valence-corrected chi connectivity index (χ0v) is 12.3. The van der Waals surface area contributed by atoms with Crippen molar-refractivity contribution in [1.82, 2.24) is 4.98 Å². The Morgan fingerprint density at radius 2 is 1.84 bits per heavy atom. The van der Waals surface area contributed by atoms with Crippen LogP contribution in [0.15, 0.2) is 19.2 Å². The lowest BCUT2D eigenvalue weighted by Gasteiger charge is -2.28. The summed E-state index contributed by atoms with van der Waals surface area (Å²) in [6.45, 7) is 17.1. The van der Waals surface area contributed by atoms with Gasteiger partial charge in [0.05, 0.1) is 18.9 Å². The Labute approximate surface area is 116 Å². The van der Waals surface area contributed by atoms with Crippen LogP contribution in [0.25, 0.3) is 12.2 Å². The summed E-state index contributed by atoms with van der Waals surface area (Å²) in [6, 6.07) is 2.11. The summed E-state index contributed by atoms with van der Waals surface area (Å²) < 4.78 is 5.35. The molecule has 0 atom stereocenters. The minimum Gasteiger partial charge on any atom is -0.378 e. The monoisotopic (exact) mass is 260 g/mol. The van der Waals surface area contributed by atoms with Gasteiger partial charge < -0.3 is 9.64 Å². The van der Waals surface area contributed by atoms with Crippen LogP contribution in [0, 0.1) is 6.92 Å². The summed E-state index contributed by atoms with van der Waals surface area (Å²) in [5, 5.41) is 0. The molecule has 1 aliphatic heterocycles. The number of anilines is 1. The second kappa shape index (κ2) is 7.74. The Morgan fingerprint density at radius 1 is 1.21 bits per heavy atom. The van der Waals surface area contributed by atoms with Gasteiger partial charge in [-0.05, 0) is 24.6 Å². The van der Waals surface area contributed by atoms with Gasteiger partial charge in [0.15, 0.2) is 0 Å². The van der Waals surface area contributed by atoms with Crippen LogP contribution in [-0.2, 0) is 4.74 Å². The second-order valence-electron chi connectivity index (χ2n) is 4.10. The summed E-state index contributed by atoms with van der Waals surface area (Å²) in [6.07, 6.45) is 3.62. The predicted octanol–water partition coefficient (Wildman–Crippen LogP) is 3.54. The number of pyridine rings is 1. The SMILES string of the molecule is C=Cc1nc(N2CCOCC2)cc(C)c1C=C.CC. The Hall–Kier alpha value is -1.61. The van der Waals surface area contributed by atoms with Gasteiger partial charge in [0, 0.05) is 18.7 Å². The molecule has 104 valence electrons. The molecule has 0 bridgehead atoms. The van der Waals surface area contributed by atoms with Crippen molar-refractivity contribution >= 4 is 18.0 Å². The van der Waals surface area contributed by atoms with E-state index in [0.717, 1.165) is 43.4 Å². The molecule has 1 aliphatic rings. The first-order valence-corrected chi connectivity index (χ1v) is 6.85. The van der Waals surface area contributed by atoms with Crippen LogP contribution in [-0.4, -0.2) is 31.3 Å². The quantitative estimate of drug-likeness (QED) is 0.831. The fourth-order valence-corrected chi connectivity index (χ4v) is 2.06. The third-order valence-electron chi connectivity index (χ3n) is 3.01. The zero-order valence-electron chi connectivity index (χ0n) is 12.3. The minimum absolute atomic E-state index is 0.771. The topological polar surface area (TPSA) is 25.4 Å². The summed E-state index contributed by atoms with van der Waals surface area (Å²) in [7, 11) is 0. The molecule has 2 rings (SSSR count). The van der Waals surface area contributed by atoms with E-state index in [1.807, 2.05) is 19.9 Å². The van der Waals surface area contributed by atoms with Gasteiger partial charge >= 0.3 is 0 Å². The third kappa shape index (κ3) is 3.67. The van der Waals surface area contributed by atoms with Crippen molar-refractivity contribution in [3.05, 3.63) is 36.0 Å². The highest BCUT2D eigenvalue weighted by molar-refractivity contribution is 5.66. The van der Waals surface area contributed by atoms with Gasteiger partial charge in [-0.25, -0.2) is 4.98 Å². The van der Waals surface area contributed by atoms with Crippen LogP contribution in [0.4, 0.5) is 5.82 Å². The summed E-state index contributed by atoms with van der Waals surface area (Å²) >= 11 is 0. The van der Waals surface area contributed by atoms with Crippen molar-refractivity contribution in [3.63, 3.8) is 0 Å². The molecule has 1 aromatic rings. The predicted molar refractivity (Wildman–Crippen MR) is 83.5 cm³/mol. The number of morpholine rings is 1. The van der Waals surface area contributed by atoms with Crippen LogP contribution in [0.3, 0.4) is 0 Å². The average molecular weight is 260 g/mol. The largest absolute Gasteiger partial charge is 0.378 e. The number of nitrogens with zero attached hydrogens (tertiary/aromatic N) is 2. The van der Waals surface area contributed by atoms with Gasteiger partial charge in [-0.2, -0.15) is 0 Å². The fraction of sp³-hybridized carbons (Fsp3) is 0.438. The molecule has 0 saturated carbocycles. The van der Waals surface area contributed by atoms with E-state index in [0.29, 0.717) is 0 Å². The number of hydrogen-bond donors (Lipinski definition) is 0. The fourth-order valence-electron chi connectivity index (χ4n) is 2.06. The average Bonchev–Trinajstić information content (AvgIpc) is 2.49. The lowest BCUT2D eigenvalue weighted by atomic mass is 10.1. The molecule has 1 aromatic heterocycles. The second-order valence-corrected chi connectivity index (χ2v) is 4.10. The van der Waals surface area contributed by atoms with Gasteiger partial charge in [0.1, 0.15) is 5.82 Å². The van der Waals surface area contributed by atoms with Crippen LogP contribution in [0.1, 0.15) is 30.7 Å². The molecule has 0 amide bonds. The van der Waals surface area contributed by atoms with Crippen molar-refractivity contribution in [3.8, 4) is 0 Å². The first-order valence-electron chi connectivity index (χ1n) is 6.85. The van der Waals surface area contributed by atoms with E-state index in [-0.39, 0.29) is 0 Å². The summed E-state index contributed by atoms with van der Waals surface area (Å²) in [5.41, 5.74) is 3.16. The van der Waals surface area contributed by atoms with Crippen LogP contribution in [0.2, 0.25) is 0 Å². The molecule has 0 spiro atoms. The highest BCUT2D eigenvalue weighted by Crippen LogP contribution is 2.22. The Balaban J connectivity index is 0.000000861. The van der Waals surface area contributed by atoms with Gasteiger partial charge in [-0.1, -0.05) is 33.1 Å². The van der Waals surface area contributed by atoms with E-state index in [2.05, 4.69) is 36.0 Å². The maximum atomic E-state index is 5.35. The van der Waals surface area contributed by atoms with Gasteiger partial charge in [-0.3, -0.25) is 0 Å². The van der Waals surface area contributed by atoms with Gasteiger partial charge in [0.25, 0.3) is 0 Å². The van der Waals surface area contributed by atoms with Crippen molar-refractivity contribution in [2.45, 2.75) is 20.8 Å². The maximum absolute atomic E-state index is 5.35. The van der Waals surface area contributed by atoms with E-state index in [1.165, 1.54) is 5.56 Å². The minimum atomic E-state index is 0.771. The van der Waals surface area contributed by atoms with Gasteiger partial charge in [0.2, 0.25) is 0 Å². The number of rotatable bonds is 3. The van der Waals surface area contributed by atoms with Crippen molar-refractivity contribution in [2.75, 3.05) is 31.2 Å². The van der Waals surface area contributed by atoms with E-state index >= 15 is 0 Å². The highest BCUT2D eigenvalue weighted by atomic mass is 16.5. The van der Waals surface area contributed by atoms with Crippen LogP contribution in [0.5, 0.6) is 0 Å². The van der Waals surface area contributed by atoms with Crippen LogP contribution < -0.4 is 4.90 Å². The van der Waals surface area contributed by atoms with Crippen molar-refractivity contribution < 1.29 is 4.74 Å². The Kier molecular flexibility index (Phi) is 6.30. The first kappa shape index (κ1) is 15.4. The van der Waals surface area contributed by atoms with Crippen LogP contribution >= 0.6 is 0 Å². The molecule has 1 fully saturated rings. The molecule has 2 heterocycles. The van der Waals surface area contributed by atoms with E-state index in [1.54, 1.807) is 6.08 Å². The van der Waals surface area contributed by atoms with E-state index < -0.39 is 0 Å². The molecule has 3 nitrogen and oxygen atoms in total. The summed E-state index contributed by atoms with van der Waals surface area (Å²) in [5.74, 6) is 1.01. The third-order valence-corrected chi connectivity index (χ3v) is 3.01. The molecule has 19 heavy (non-hydrogen) atoms. The zero-order chi connectivity index (χ0) is 14.3. The van der Waals surface area contributed by atoms with Crippen molar-refractivity contribution in [2.24, 2.45) is 0 Å². The molecule has 0 aliphatic carbocycles. The molecular formula is C16H24N2O. The molecule has 0 radical (unpaired) electrons. The van der Waals surface area contributed by atoms with E-state index in [4.69, 9.17) is 4.74 Å². The number of aryl methyl sites for hydroxylation is 1. The maximum Gasteiger partial charge on any atom is 0.129 e. The highest BCUT2D eigenvalue weighted by Gasteiger charge is 2.14. The van der Waals surface area contributed by atoms with Crippen molar-refractivity contribution in [1.29, 1.82) is 0 Å². The number of hydrogen-bond acceptors (Lipinski definition) is 3. The molecule has 0 unspecified atom stereocenters. The Morgan fingerprint density at radius 3 is 2.37 bits per heavy atom.